The Kier molecular flexibility index (Phi) is 2.22. The zero-order valence-electron chi connectivity index (χ0n) is 11.7. The first kappa shape index (κ1) is 12.6. The zero-order chi connectivity index (χ0) is 15.7. The van der Waals surface area contributed by atoms with Crippen molar-refractivity contribution in [2.75, 3.05) is 6.61 Å². The van der Waals surface area contributed by atoms with Crippen molar-refractivity contribution in [3.63, 3.8) is 0 Å². The summed E-state index contributed by atoms with van der Waals surface area (Å²) in [4.78, 5) is 24.1. The molecule has 23 heavy (non-hydrogen) atoms. The topological polar surface area (TPSA) is 95.2 Å². The van der Waals surface area contributed by atoms with Crippen LogP contribution in [-0.4, -0.2) is 24.0 Å². The fourth-order valence-electron chi connectivity index (χ4n) is 3.46. The van der Waals surface area contributed by atoms with Crippen molar-refractivity contribution in [2.24, 2.45) is 0 Å². The largest absolute Gasteiger partial charge is 0.507 e. The highest BCUT2D eigenvalue weighted by Gasteiger charge is 2.41. The molecule has 0 bridgehead atoms. The molecule has 7 nitrogen and oxygen atoms in total. The zero-order valence-corrected chi connectivity index (χ0v) is 11.7. The molecule has 0 amide bonds. The van der Waals surface area contributed by atoms with Gasteiger partial charge in [-0.2, -0.15) is 0 Å². The van der Waals surface area contributed by atoms with Crippen LogP contribution in [0.5, 0.6) is 11.5 Å². The van der Waals surface area contributed by atoms with Crippen LogP contribution < -0.4 is 10.4 Å². The first-order chi connectivity index (χ1) is 11.1. The van der Waals surface area contributed by atoms with Crippen LogP contribution in [0, 0.1) is 0 Å². The van der Waals surface area contributed by atoms with E-state index in [0.29, 0.717) is 28.7 Å². The average molecular weight is 314 g/mol. The van der Waals surface area contributed by atoms with E-state index in [1.807, 2.05) is 0 Å². The van der Waals surface area contributed by atoms with Crippen LogP contribution in [0.1, 0.15) is 27.4 Å². The summed E-state index contributed by atoms with van der Waals surface area (Å²) in [5, 5.41) is 10.7. The van der Waals surface area contributed by atoms with Crippen LogP contribution in [0.4, 0.5) is 0 Å². The number of phenols is 1. The number of carbonyl (C=O) groups excluding carboxylic acids is 1. The van der Waals surface area contributed by atoms with Crippen LogP contribution in [0.2, 0.25) is 0 Å². The van der Waals surface area contributed by atoms with Gasteiger partial charge in [-0.05, 0) is 11.6 Å². The Morgan fingerprint density at radius 3 is 3.00 bits per heavy atom. The average Bonchev–Trinajstić information content (AvgIpc) is 3.07. The van der Waals surface area contributed by atoms with E-state index in [0.717, 1.165) is 0 Å². The van der Waals surface area contributed by atoms with Gasteiger partial charge in [0.05, 0.1) is 29.7 Å². The van der Waals surface area contributed by atoms with Crippen molar-refractivity contribution in [3.05, 3.63) is 45.5 Å². The van der Waals surface area contributed by atoms with Crippen molar-refractivity contribution in [1.29, 1.82) is 0 Å². The van der Waals surface area contributed by atoms with E-state index in [9.17, 15) is 14.7 Å². The molecular weight excluding hydrogens is 304 g/mol. The maximum absolute atomic E-state index is 12.3. The number of hydrogen-bond acceptors (Lipinski definition) is 7. The van der Waals surface area contributed by atoms with Gasteiger partial charge in [-0.3, -0.25) is 0 Å². The molecule has 2 aromatic rings. The molecule has 0 saturated carbocycles. The molecule has 3 aliphatic heterocycles. The van der Waals surface area contributed by atoms with Gasteiger partial charge in [0.25, 0.3) is 6.29 Å². The lowest BCUT2D eigenvalue weighted by molar-refractivity contribution is -0.00485. The molecule has 0 saturated heterocycles. The second-order valence-electron chi connectivity index (χ2n) is 5.62. The Labute approximate surface area is 128 Å². The normalized spacial score (nSPS) is 23.7. The molecule has 0 aliphatic carbocycles. The monoisotopic (exact) mass is 314 g/mol. The molecule has 116 valence electrons. The number of hydrogen-bond donors (Lipinski definition) is 1. The van der Waals surface area contributed by atoms with Gasteiger partial charge in [0, 0.05) is 12.5 Å². The van der Waals surface area contributed by atoms with E-state index >= 15 is 0 Å². The number of cyclic esters (lactones) is 1. The minimum atomic E-state index is -0.767. The van der Waals surface area contributed by atoms with Gasteiger partial charge in [0.1, 0.15) is 22.6 Å². The van der Waals surface area contributed by atoms with Crippen molar-refractivity contribution in [2.45, 2.75) is 18.6 Å². The lowest BCUT2D eigenvalue weighted by atomic mass is 9.93. The number of esters is 1. The van der Waals surface area contributed by atoms with Gasteiger partial charge in [0.15, 0.2) is 0 Å². The van der Waals surface area contributed by atoms with Crippen molar-refractivity contribution < 1.29 is 28.5 Å². The molecule has 0 spiro atoms. The highest BCUT2D eigenvalue weighted by atomic mass is 16.7. The first-order valence-electron chi connectivity index (χ1n) is 7.16. The van der Waals surface area contributed by atoms with Crippen LogP contribution in [-0.2, 0) is 15.9 Å². The number of rotatable bonds is 0. The molecule has 4 heterocycles. The van der Waals surface area contributed by atoms with Crippen LogP contribution >= 0.6 is 0 Å². The van der Waals surface area contributed by atoms with Gasteiger partial charge in [0.2, 0.25) is 0 Å². The summed E-state index contributed by atoms with van der Waals surface area (Å²) in [7, 11) is 0. The van der Waals surface area contributed by atoms with Gasteiger partial charge >= 0.3 is 11.6 Å². The lowest BCUT2D eigenvalue weighted by Gasteiger charge is -2.17. The smallest absolute Gasteiger partial charge is 0.351 e. The molecule has 5 rings (SSSR count). The summed E-state index contributed by atoms with van der Waals surface area (Å²) in [6.07, 6.45) is 3.16. The molecule has 1 aromatic carbocycles. The number of carbonyl (C=O) groups is 1. The molecule has 1 aromatic heterocycles. The minimum absolute atomic E-state index is 0.0996. The maximum Gasteiger partial charge on any atom is 0.351 e. The Morgan fingerprint density at radius 1 is 1.26 bits per heavy atom. The quantitative estimate of drug-likeness (QED) is 0.582. The van der Waals surface area contributed by atoms with E-state index in [2.05, 4.69) is 0 Å². The summed E-state index contributed by atoms with van der Waals surface area (Å²) in [5.74, 6) is -0.627. The van der Waals surface area contributed by atoms with E-state index < -0.39 is 17.9 Å². The summed E-state index contributed by atoms with van der Waals surface area (Å²) in [6, 6.07) is 1.47. The highest BCUT2D eigenvalue weighted by Crippen LogP contribution is 2.49. The summed E-state index contributed by atoms with van der Waals surface area (Å²) in [6.45, 7) is 0.159. The van der Waals surface area contributed by atoms with Gasteiger partial charge in [-0.15, -0.1) is 0 Å². The Balaban J connectivity index is 1.93. The number of benzene rings is 1. The standard InChI is InChI=1S/C16H10O7/c17-8-5-9-11(7-2-4-21-16(7)22-9)13-10(8)6-1-3-20-14(18)12(6)15(19)23-13/h2,4-5,7,16-17H,1,3H2. The molecular formula is C16H10O7. The Morgan fingerprint density at radius 2 is 2.13 bits per heavy atom. The predicted molar refractivity (Wildman–Crippen MR) is 75.5 cm³/mol. The third kappa shape index (κ3) is 1.48. The summed E-state index contributed by atoms with van der Waals surface area (Å²) >= 11 is 0. The summed E-state index contributed by atoms with van der Waals surface area (Å²) in [5.41, 5.74) is 0.430. The van der Waals surface area contributed by atoms with E-state index in [-0.39, 0.29) is 29.4 Å². The SMILES string of the molecule is O=C1OCCc2c1c(=O)oc1c3c(cc(O)c21)OC1OC=CC31. The minimum Gasteiger partial charge on any atom is -0.507 e. The first-order valence-corrected chi connectivity index (χ1v) is 7.16. The van der Waals surface area contributed by atoms with Crippen molar-refractivity contribution in [1.82, 2.24) is 0 Å². The van der Waals surface area contributed by atoms with Crippen molar-refractivity contribution >= 4 is 16.9 Å². The Hall–Kier alpha value is -2.96. The maximum atomic E-state index is 12.3. The Bertz CT molecular complexity index is 969. The second kappa shape index (κ2) is 4.07. The molecule has 2 unspecified atom stereocenters. The third-order valence-corrected chi connectivity index (χ3v) is 4.42. The number of phenolic OH excluding ortho intramolecular Hbond substituents is 1. The molecule has 2 atom stereocenters. The van der Waals surface area contributed by atoms with Crippen LogP contribution in [0.3, 0.4) is 0 Å². The van der Waals surface area contributed by atoms with Crippen LogP contribution in [0.15, 0.2) is 27.6 Å². The highest BCUT2D eigenvalue weighted by molar-refractivity contribution is 6.00. The second-order valence-corrected chi connectivity index (χ2v) is 5.62. The fourth-order valence-corrected chi connectivity index (χ4v) is 3.46. The van der Waals surface area contributed by atoms with Gasteiger partial charge in [-0.1, -0.05) is 0 Å². The molecule has 3 aliphatic rings. The third-order valence-electron chi connectivity index (χ3n) is 4.42. The lowest BCUT2D eigenvalue weighted by Crippen LogP contribution is -2.26. The number of fused-ring (bicyclic) bond motifs is 7. The van der Waals surface area contributed by atoms with Crippen LogP contribution in [0.25, 0.3) is 11.0 Å². The fraction of sp³-hybridized carbons (Fsp3) is 0.250. The van der Waals surface area contributed by atoms with E-state index in [4.69, 9.17) is 18.6 Å². The van der Waals surface area contributed by atoms with Gasteiger partial charge in [-0.25, -0.2) is 9.59 Å². The molecule has 0 fully saturated rings. The predicted octanol–water partition coefficient (Wildman–Crippen LogP) is 1.56. The van der Waals surface area contributed by atoms with Crippen molar-refractivity contribution in [3.8, 4) is 11.5 Å². The molecule has 7 heteroatoms. The molecule has 0 radical (unpaired) electrons. The van der Waals surface area contributed by atoms with Gasteiger partial charge < -0.3 is 23.7 Å². The number of ether oxygens (including phenoxy) is 3. The van der Waals surface area contributed by atoms with E-state index in [1.165, 1.54) is 12.3 Å². The summed E-state index contributed by atoms with van der Waals surface area (Å²) < 4.78 is 21.2. The van der Waals surface area contributed by atoms with E-state index in [1.54, 1.807) is 6.08 Å². The number of aromatic hydroxyl groups is 1. The molecule has 1 N–H and O–H groups in total.